The summed E-state index contributed by atoms with van der Waals surface area (Å²) in [6.45, 7) is 4.37. The Morgan fingerprint density at radius 1 is 1.23 bits per heavy atom. The Balaban J connectivity index is 2.19. The van der Waals surface area contributed by atoms with E-state index in [2.05, 4.69) is 30.2 Å². The van der Waals surface area contributed by atoms with Crippen molar-refractivity contribution < 1.29 is 4.79 Å². The third kappa shape index (κ3) is 4.07. The van der Waals surface area contributed by atoms with Crippen LogP contribution in [-0.4, -0.2) is 25.0 Å². The first-order chi connectivity index (χ1) is 10.5. The molecule has 116 valence electrons. The molecule has 0 radical (unpaired) electrons. The van der Waals surface area contributed by atoms with Crippen LogP contribution in [0.25, 0.3) is 0 Å². The van der Waals surface area contributed by atoms with Gasteiger partial charge in [-0.1, -0.05) is 26.0 Å². The summed E-state index contributed by atoms with van der Waals surface area (Å²) in [6.07, 6.45) is 2.69. The Bertz CT molecular complexity index is 650. The summed E-state index contributed by atoms with van der Waals surface area (Å²) in [7, 11) is 3.75. The molecule has 0 aliphatic heterocycles. The lowest BCUT2D eigenvalue weighted by molar-refractivity contribution is 0.102. The number of carbonyl (C=O) groups is 1. The van der Waals surface area contributed by atoms with Crippen molar-refractivity contribution in [3.8, 4) is 0 Å². The van der Waals surface area contributed by atoms with E-state index in [1.54, 1.807) is 18.3 Å². The average molecular weight is 297 g/mol. The first-order valence-electron chi connectivity index (χ1n) is 7.50. The van der Waals surface area contributed by atoms with Crippen molar-refractivity contribution in [3.05, 3.63) is 53.7 Å². The Morgan fingerprint density at radius 2 is 2.00 bits per heavy atom. The molecule has 0 unspecified atom stereocenters. The Hall–Kier alpha value is -2.36. The SMILES string of the molecule is CC(C)Cc1cccc(NC(=O)c2cccnc2N(C)C)c1. The number of nitrogens with one attached hydrogen (secondary N) is 1. The van der Waals surface area contributed by atoms with Gasteiger partial charge in [0.1, 0.15) is 5.82 Å². The quantitative estimate of drug-likeness (QED) is 0.917. The lowest BCUT2D eigenvalue weighted by atomic mass is 10.0. The zero-order valence-corrected chi connectivity index (χ0v) is 13.6. The fraction of sp³-hybridized carbons (Fsp3) is 0.333. The number of anilines is 2. The normalized spacial score (nSPS) is 10.6. The average Bonchev–Trinajstić information content (AvgIpc) is 2.46. The lowest BCUT2D eigenvalue weighted by Crippen LogP contribution is -2.19. The first-order valence-corrected chi connectivity index (χ1v) is 7.50. The van der Waals surface area contributed by atoms with Gasteiger partial charge in [-0.2, -0.15) is 0 Å². The van der Waals surface area contributed by atoms with Crippen LogP contribution < -0.4 is 10.2 Å². The van der Waals surface area contributed by atoms with Crippen molar-refractivity contribution in [2.24, 2.45) is 5.92 Å². The topological polar surface area (TPSA) is 45.2 Å². The fourth-order valence-corrected chi connectivity index (χ4v) is 2.38. The van der Waals surface area contributed by atoms with E-state index in [1.165, 1.54) is 5.56 Å². The monoisotopic (exact) mass is 297 g/mol. The van der Waals surface area contributed by atoms with Gasteiger partial charge in [0.05, 0.1) is 5.56 Å². The van der Waals surface area contributed by atoms with Crippen LogP contribution in [0.4, 0.5) is 11.5 Å². The molecule has 0 bridgehead atoms. The molecule has 4 nitrogen and oxygen atoms in total. The number of amides is 1. The van der Waals surface area contributed by atoms with E-state index in [0.717, 1.165) is 12.1 Å². The summed E-state index contributed by atoms with van der Waals surface area (Å²) >= 11 is 0. The van der Waals surface area contributed by atoms with E-state index in [0.29, 0.717) is 17.3 Å². The highest BCUT2D eigenvalue weighted by Gasteiger charge is 2.14. The Morgan fingerprint density at radius 3 is 2.68 bits per heavy atom. The number of hydrogen-bond acceptors (Lipinski definition) is 3. The van der Waals surface area contributed by atoms with E-state index in [4.69, 9.17) is 0 Å². The maximum Gasteiger partial charge on any atom is 0.259 e. The molecule has 0 spiro atoms. The minimum atomic E-state index is -0.140. The van der Waals surface area contributed by atoms with Crippen molar-refractivity contribution in [2.45, 2.75) is 20.3 Å². The van der Waals surface area contributed by atoms with Crippen molar-refractivity contribution in [2.75, 3.05) is 24.3 Å². The molecule has 2 aromatic rings. The van der Waals surface area contributed by atoms with Crippen LogP contribution in [0.1, 0.15) is 29.8 Å². The smallest absolute Gasteiger partial charge is 0.259 e. The van der Waals surface area contributed by atoms with E-state index < -0.39 is 0 Å². The van der Waals surface area contributed by atoms with Gasteiger partial charge in [0.2, 0.25) is 0 Å². The molecule has 0 aliphatic rings. The van der Waals surface area contributed by atoms with Gasteiger partial charge in [0.25, 0.3) is 5.91 Å². The number of carbonyl (C=O) groups excluding carboxylic acids is 1. The second-order valence-corrected chi connectivity index (χ2v) is 6.02. The first kappa shape index (κ1) is 16.0. The van der Waals surface area contributed by atoms with Crippen molar-refractivity contribution in [1.82, 2.24) is 4.98 Å². The summed E-state index contributed by atoms with van der Waals surface area (Å²) in [4.78, 5) is 18.6. The molecule has 0 atom stereocenters. The molecule has 4 heteroatoms. The minimum absolute atomic E-state index is 0.140. The molecule has 1 aromatic heterocycles. The number of benzene rings is 1. The van der Waals surface area contributed by atoms with Crippen LogP contribution >= 0.6 is 0 Å². The highest BCUT2D eigenvalue weighted by molar-refractivity contribution is 6.07. The molecular formula is C18H23N3O. The van der Waals surface area contributed by atoms with Gasteiger partial charge in [-0.05, 0) is 42.2 Å². The number of nitrogens with zero attached hydrogens (tertiary/aromatic N) is 2. The molecule has 1 heterocycles. The Kier molecular flexibility index (Phi) is 5.15. The van der Waals surface area contributed by atoms with Crippen molar-refractivity contribution in [3.63, 3.8) is 0 Å². The van der Waals surface area contributed by atoms with Gasteiger partial charge >= 0.3 is 0 Å². The molecule has 0 aliphatic carbocycles. The molecule has 1 amide bonds. The zero-order chi connectivity index (χ0) is 16.1. The number of pyridine rings is 1. The van der Waals surface area contributed by atoms with Gasteiger partial charge in [0, 0.05) is 26.0 Å². The van der Waals surface area contributed by atoms with Gasteiger partial charge in [-0.15, -0.1) is 0 Å². The van der Waals surface area contributed by atoms with Crippen LogP contribution in [0, 0.1) is 5.92 Å². The summed E-state index contributed by atoms with van der Waals surface area (Å²) < 4.78 is 0. The second kappa shape index (κ2) is 7.07. The van der Waals surface area contributed by atoms with Crippen LogP contribution in [0.2, 0.25) is 0 Å². The summed E-state index contributed by atoms with van der Waals surface area (Å²) in [5.41, 5.74) is 2.62. The highest BCUT2D eigenvalue weighted by Crippen LogP contribution is 2.18. The van der Waals surface area contributed by atoms with E-state index >= 15 is 0 Å². The van der Waals surface area contributed by atoms with E-state index in [-0.39, 0.29) is 5.91 Å². The van der Waals surface area contributed by atoms with Crippen molar-refractivity contribution >= 4 is 17.4 Å². The lowest BCUT2D eigenvalue weighted by Gasteiger charge is -2.15. The predicted molar refractivity (Wildman–Crippen MR) is 91.5 cm³/mol. The number of rotatable bonds is 5. The molecule has 1 N–H and O–H groups in total. The van der Waals surface area contributed by atoms with E-state index in [9.17, 15) is 4.79 Å². The number of hydrogen-bond donors (Lipinski definition) is 1. The van der Waals surface area contributed by atoms with Crippen LogP contribution in [-0.2, 0) is 6.42 Å². The Labute approximate surface area is 132 Å². The van der Waals surface area contributed by atoms with Gasteiger partial charge in [0.15, 0.2) is 0 Å². The van der Waals surface area contributed by atoms with E-state index in [1.807, 2.05) is 37.2 Å². The third-order valence-corrected chi connectivity index (χ3v) is 3.28. The standard InChI is InChI=1S/C18H23N3O/c1-13(2)11-14-7-5-8-15(12-14)20-18(22)16-9-6-10-19-17(16)21(3)4/h5-10,12-13H,11H2,1-4H3,(H,20,22). The third-order valence-electron chi connectivity index (χ3n) is 3.28. The van der Waals surface area contributed by atoms with Gasteiger partial charge in [-0.25, -0.2) is 4.98 Å². The molecule has 2 rings (SSSR count). The molecule has 0 saturated heterocycles. The summed E-state index contributed by atoms with van der Waals surface area (Å²) in [5, 5.41) is 2.96. The molecule has 0 fully saturated rings. The minimum Gasteiger partial charge on any atom is -0.362 e. The van der Waals surface area contributed by atoms with Crippen LogP contribution in [0.15, 0.2) is 42.6 Å². The summed E-state index contributed by atoms with van der Waals surface area (Å²) in [6, 6.07) is 11.6. The molecule has 0 saturated carbocycles. The maximum atomic E-state index is 12.5. The van der Waals surface area contributed by atoms with Crippen molar-refractivity contribution in [1.29, 1.82) is 0 Å². The van der Waals surface area contributed by atoms with Gasteiger partial charge in [-0.3, -0.25) is 4.79 Å². The van der Waals surface area contributed by atoms with Crippen LogP contribution in [0.3, 0.4) is 0 Å². The van der Waals surface area contributed by atoms with Gasteiger partial charge < -0.3 is 10.2 Å². The number of aromatic nitrogens is 1. The highest BCUT2D eigenvalue weighted by atomic mass is 16.1. The summed E-state index contributed by atoms with van der Waals surface area (Å²) in [5.74, 6) is 1.11. The second-order valence-electron chi connectivity index (χ2n) is 6.02. The van der Waals surface area contributed by atoms with Crippen LogP contribution in [0.5, 0.6) is 0 Å². The molecule has 22 heavy (non-hydrogen) atoms. The predicted octanol–water partition coefficient (Wildman–Crippen LogP) is 3.60. The fourth-order valence-electron chi connectivity index (χ4n) is 2.38. The molecular weight excluding hydrogens is 274 g/mol. The zero-order valence-electron chi connectivity index (χ0n) is 13.6. The largest absolute Gasteiger partial charge is 0.362 e. The molecule has 1 aromatic carbocycles. The maximum absolute atomic E-state index is 12.5.